The van der Waals surface area contributed by atoms with Crippen LogP contribution in [0.5, 0.6) is 0 Å². The van der Waals surface area contributed by atoms with E-state index in [-0.39, 0.29) is 22.5 Å². The quantitative estimate of drug-likeness (QED) is 0.927. The minimum atomic E-state index is -0.593. The summed E-state index contributed by atoms with van der Waals surface area (Å²) in [6.45, 7) is 1.89. The molecule has 3 nitrogen and oxygen atoms in total. The van der Waals surface area contributed by atoms with Gasteiger partial charge < -0.3 is 5.32 Å². The molecule has 0 aliphatic rings. The normalized spacial score (nSPS) is 11.6. The molecule has 84 valence electrons. The van der Waals surface area contributed by atoms with Crippen molar-refractivity contribution in [3.05, 3.63) is 34.1 Å². The number of nitrogens with zero attached hydrogens (tertiary/aromatic N) is 1. The van der Waals surface area contributed by atoms with Gasteiger partial charge in [-0.1, -0.05) is 6.07 Å². The Balaban J connectivity index is 2.75. The second-order valence-corrected chi connectivity index (χ2v) is 4.20. The summed E-state index contributed by atoms with van der Waals surface area (Å²) in [6.07, 6.45) is 0. The molecule has 0 saturated carbocycles. The van der Waals surface area contributed by atoms with E-state index >= 15 is 0 Å². The van der Waals surface area contributed by atoms with Gasteiger partial charge in [0.05, 0.1) is 22.0 Å². The number of nitriles is 1. The molecule has 0 aliphatic carbocycles. The summed E-state index contributed by atoms with van der Waals surface area (Å²) in [5.74, 6) is -1.40. The smallest absolute Gasteiger partial charge is 0.254 e. The Morgan fingerprint density at radius 2 is 2.38 bits per heavy atom. The number of rotatable bonds is 3. The molecule has 0 spiro atoms. The number of nitrogens with one attached hydrogen (secondary N) is 1. The molecule has 0 aromatic heterocycles. The number of carbonyl (C=O) groups is 1. The van der Waals surface area contributed by atoms with Crippen molar-refractivity contribution in [1.82, 2.24) is 5.32 Å². The molecule has 1 aromatic carbocycles. The highest BCUT2D eigenvalue weighted by molar-refractivity contribution is 9.10. The number of carbonyl (C=O) groups excluding carboxylic acids is 1. The third-order valence-electron chi connectivity index (χ3n) is 1.99. The second-order valence-electron chi connectivity index (χ2n) is 3.34. The van der Waals surface area contributed by atoms with Gasteiger partial charge in [0.25, 0.3) is 5.91 Å². The predicted octanol–water partition coefficient (Wildman–Crippen LogP) is 2.48. The van der Waals surface area contributed by atoms with Gasteiger partial charge in [0.15, 0.2) is 0 Å². The minimum absolute atomic E-state index is 0.0282. The van der Waals surface area contributed by atoms with Gasteiger partial charge in [0, 0.05) is 6.54 Å². The lowest BCUT2D eigenvalue weighted by atomic mass is 10.1. The van der Waals surface area contributed by atoms with Crippen molar-refractivity contribution in [2.45, 2.75) is 6.92 Å². The molecule has 1 aromatic rings. The fraction of sp³-hybridized carbons (Fsp3) is 0.273. The number of halogens is 2. The van der Waals surface area contributed by atoms with Gasteiger partial charge in [0.1, 0.15) is 5.82 Å². The van der Waals surface area contributed by atoms with E-state index in [4.69, 9.17) is 5.26 Å². The van der Waals surface area contributed by atoms with Gasteiger partial charge in [-0.05, 0) is 35.0 Å². The van der Waals surface area contributed by atoms with Crippen LogP contribution in [0.1, 0.15) is 17.3 Å². The highest BCUT2D eigenvalue weighted by Gasteiger charge is 2.13. The van der Waals surface area contributed by atoms with E-state index in [1.165, 1.54) is 12.1 Å². The standard InChI is InChI=1S/C11H10BrFN2O/c1-7(5-14)6-15-11(16)8-3-2-4-9(12)10(8)13/h2-4,7H,6H2,1H3,(H,15,16). The lowest BCUT2D eigenvalue weighted by Gasteiger charge is -2.07. The highest BCUT2D eigenvalue weighted by atomic mass is 79.9. The van der Waals surface area contributed by atoms with Gasteiger partial charge in [-0.2, -0.15) is 5.26 Å². The molecule has 1 rings (SSSR count). The third kappa shape index (κ3) is 3.04. The van der Waals surface area contributed by atoms with E-state index in [1.807, 2.05) is 6.07 Å². The number of benzene rings is 1. The zero-order valence-electron chi connectivity index (χ0n) is 8.63. The summed E-state index contributed by atoms with van der Waals surface area (Å²) in [6, 6.07) is 6.47. The molecule has 0 bridgehead atoms. The molecule has 5 heteroatoms. The average molecular weight is 285 g/mol. The van der Waals surface area contributed by atoms with E-state index in [2.05, 4.69) is 21.2 Å². The topological polar surface area (TPSA) is 52.9 Å². The van der Waals surface area contributed by atoms with Gasteiger partial charge in [-0.3, -0.25) is 4.79 Å². The van der Waals surface area contributed by atoms with Crippen LogP contribution in [0.3, 0.4) is 0 Å². The monoisotopic (exact) mass is 284 g/mol. The zero-order chi connectivity index (χ0) is 12.1. The summed E-state index contributed by atoms with van der Waals surface area (Å²) in [5, 5.41) is 11.0. The van der Waals surface area contributed by atoms with Gasteiger partial charge in [-0.25, -0.2) is 4.39 Å². The van der Waals surface area contributed by atoms with Crippen LogP contribution in [0.4, 0.5) is 4.39 Å². The van der Waals surface area contributed by atoms with Crippen molar-refractivity contribution < 1.29 is 9.18 Å². The van der Waals surface area contributed by atoms with Crippen molar-refractivity contribution >= 4 is 21.8 Å². The van der Waals surface area contributed by atoms with Gasteiger partial charge in [0.2, 0.25) is 0 Å². The fourth-order valence-corrected chi connectivity index (χ4v) is 1.43. The van der Waals surface area contributed by atoms with Crippen molar-refractivity contribution in [3.63, 3.8) is 0 Å². The Labute approximate surface area is 101 Å². The largest absolute Gasteiger partial charge is 0.351 e. The minimum Gasteiger partial charge on any atom is -0.351 e. The number of hydrogen-bond acceptors (Lipinski definition) is 2. The molecular formula is C11H10BrFN2O. The van der Waals surface area contributed by atoms with E-state index in [0.717, 1.165) is 0 Å². The molecule has 0 aliphatic heterocycles. The number of hydrogen-bond donors (Lipinski definition) is 1. The lowest BCUT2D eigenvalue weighted by Crippen LogP contribution is -2.28. The van der Waals surface area contributed by atoms with Gasteiger partial charge in [-0.15, -0.1) is 0 Å². The average Bonchev–Trinajstić information content (AvgIpc) is 2.29. The fourth-order valence-electron chi connectivity index (χ4n) is 1.07. The molecule has 0 saturated heterocycles. The molecule has 16 heavy (non-hydrogen) atoms. The first-order chi connectivity index (χ1) is 7.56. The molecule has 0 fully saturated rings. The number of amides is 1. The van der Waals surface area contributed by atoms with E-state index < -0.39 is 11.7 Å². The maximum Gasteiger partial charge on any atom is 0.254 e. The zero-order valence-corrected chi connectivity index (χ0v) is 10.2. The van der Waals surface area contributed by atoms with E-state index in [0.29, 0.717) is 0 Å². The molecule has 1 atom stereocenters. The molecule has 0 heterocycles. The summed E-state index contributed by atoms with van der Waals surface area (Å²) in [5.41, 5.74) is -0.0282. The first-order valence-corrected chi connectivity index (χ1v) is 5.47. The van der Waals surface area contributed by atoms with Crippen molar-refractivity contribution in [3.8, 4) is 6.07 Å². The predicted molar refractivity (Wildman–Crippen MR) is 61.2 cm³/mol. The third-order valence-corrected chi connectivity index (χ3v) is 2.60. The Morgan fingerprint density at radius 1 is 1.69 bits per heavy atom. The molecule has 1 unspecified atom stereocenters. The Kier molecular flexibility index (Phi) is 4.44. The van der Waals surface area contributed by atoms with Crippen LogP contribution in [0, 0.1) is 23.1 Å². The molecule has 1 amide bonds. The van der Waals surface area contributed by atoms with E-state index in [9.17, 15) is 9.18 Å². The van der Waals surface area contributed by atoms with Crippen molar-refractivity contribution in [2.24, 2.45) is 5.92 Å². The summed E-state index contributed by atoms with van der Waals surface area (Å²) < 4.78 is 13.7. The van der Waals surface area contributed by atoms with Crippen LogP contribution >= 0.6 is 15.9 Å². The van der Waals surface area contributed by atoms with Crippen molar-refractivity contribution in [1.29, 1.82) is 5.26 Å². The first kappa shape index (κ1) is 12.7. The molecule has 1 N–H and O–H groups in total. The van der Waals surface area contributed by atoms with Crippen LogP contribution in [-0.4, -0.2) is 12.5 Å². The van der Waals surface area contributed by atoms with Crippen LogP contribution in [-0.2, 0) is 0 Å². The lowest BCUT2D eigenvalue weighted by molar-refractivity contribution is 0.0946. The van der Waals surface area contributed by atoms with Crippen molar-refractivity contribution in [2.75, 3.05) is 6.54 Å². The molecule has 0 radical (unpaired) electrons. The van der Waals surface area contributed by atoms with Crippen LogP contribution < -0.4 is 5.32 Å². The maximum absolute atomic E-state index is 13.5. The summed E-state index contributed by atoms with van der Waals surface area (Å²) in [7, 11) is 0. The molecular weight excluding hydrogens is 275 g/mol. The summed E-state index contributed by atoms with van der Waals surface area (Å²) in [4.78, 5) is 11.6. The SMILES string of the molecule is CC(C#N)CNC(=O)c1cccc(Br)c1F. The Hall–Kier alpha value is -1.41. The first-order valence-electron chi connectivity index (χ1n) is 4.68. The van der Waals surface area contributed by atoms with Crippen LogP contribution in [0.25, 0.3) is 0 Å². The van der Waals surface area contributed by atoms with Gasteiger partial charge >= 0.3 is 0 Å². The second kappa shape index (κ2) is 5.61. The Bertz CT molecular complexity index is 442. The van der Waals surface area contributed by atoms with Crippen LogP contribution in [0.15, 0.2) is 22.7 Å². The maximum atomic E-state index is 13.5. The highest BCUT2D eigenvalue weighted by Crippen LogP contribution is 2.18. The van der Waals surface area contributed by atoms with Crippen LogP contribution in [0.2, 0.25) is 0 Å². The Morgan fingerprint density at radius 3 is 3.00 bits per heavy atom. The van der Waals surface area contributed by atoms with E-state index in [1.54, 1.807) is 13.0 Å². The summed E-state index contributed by atoms with van der Waals surface area (Å²) >= 11 is 3.00.